The molecule has 4 aliphatic rings. The predicted molar refractivity (Wildman–Crippen MR) is 132 cm³/mol. The minimum Gasteiger partial charge on any atom is -0.320 e. The van der Waals surface area contributed by atoms with Gasteiger partial charge in [0.15, 0.2) is 0 Å². The van der Waals surface area contributed by atoms with E-state index in [1.165, 1.54) is 24.3 Å². The Bertz CT molecular complexity index is 1140. The Morgan fingerprint density at radius 1 is 0.750 bits per heavy atom. The number of nitrogens with zero attached hydrogens (tertiary/aromatic N) is 2. The van der Waals surface area contributed by atoms with Crippen LogP contribution in [0, 0.1) is 42.9 Å². The summed E-state index contributed by atoms with van der Waals surface area (Å²) >= 11 is 0. The molecule has 4 fully saturated rings. The van der Waals surface area contributed by atoms with Crippen molar-refractivity contribution in [3.8, 4) is 0 Å². The summed E-state index contributed by atoms with van der Waals surface area (Å²) in [5, 5.41) is 28.1. The smallest absolute Gasteiger partial charge is 0.292 e. The third-order valence-corrected chi connectivity index (χ3v) is 8.12. The summed E-state index contributed by atoms with van der Waals surface area (Å²) in [5.74, 6) is 0.379. The standard InChI is InChI=1S/C26H28N4O6/c31-23(27-19-5-1-3-7-21(19)29(33)34)14-25-10-17-9-18(11-25)13-26(12-17,16-25)15-24(32)28-20-6-2-4-8-22(20)30(35)36/h1-8,17-18H,9-16H2,(H,27,31)(H,28,32). The monoisotopic (exact) mass is 492 g/mol. The normalized spacial score (nSPS) is 27.9. The van der Waals surface area contributed by atoms with Crippen molar-refractivity contribution in [1.82, 2.24) is 0 Å². The predicted octanol–water partition coefficient (Wildman–Crippen LogP) is 5.45. The van der Waals surface area contributed by atoms with Crippen LogP contribution in [-0.2, 0) is 9.59 Å². The Balaban J connectivity index is 1.30. The molecule has 2 N–H and O–H groups in total. The maximum atomic E-state index is 13.1. The fourth-order valence-electron chi connectivity index (χ4n) is 7.61. The lowest BCUT2D eigenvalue weighted by atomic mass is 9.43. The van der Waals surface area contributed by atoms with Gasteiger partial charge in [-0.1, -0.05) is 24.3 Å². The third kappa shape index (κ3) is 4.67. The Kier molecular flexibility index (Phi) is 5.97. The van der Waals surface area contributed by atoms with Crippen molar-refractivity contribution in [2.75, 3.05) is 10.6 Å². The molecule has 0 aliphatic heterocycles. The van der Waals surface area contributed by atoms with Crippen LogP contribution in [0.1, 0.15) is 51.4 Å². The van der Waals surface area contributed by atoms with Gasteiger partial charge in [0.2, 0.25) is 11.8 Å². The third-order valence-electron chi connectivity index (χ3n) is 8.12. The molecule has 0 spiro atoms. The number of nitro benzene ring substituents is 2. The van der Waals surface area contributed by atoms with Crippen molar-refractivity contribution in [1.29, 1.82) is 0 Å². The van der Waals surface area contributed by atoms with E-state index in [-0.39, 0.29) is 58.2 Å². The molecular weight excluding hydrogens is 464 g/mol. The minimum atomic E-state index is -0.509. The van der Waals surface area contributed by atoms with Gasteiger partial charge in [-0.25, -0.2) is 0 Å². The van der Waals surface area contributed by atoms with Crippen LogP contribution in [0.15, 0.2) is 48.5 Å². The number of hydrogen-bond acceptors (Lipinski definition) is 6. The summed E-state index contributed by atoms with van der Waals surface area (Å²) in [6, 6.07) is 12.2. The van der Waals surface area contributed by atoms with E-state index in [1.807, 2.05) is 0 Å². The second-order valence-electron chi connectivity index (χ2n) is 11.0. The molecule has 0 saturated heterocycles. The average Bonchev–Trinajstić information content (AvgIpc) is 2.77. The number of carbonyl (C=O) groups is 2. The summed E-state index contributed by atoms with van der Waals surface area (Å²) in [6.45, 7) is 0. The van der Waals surface area contributed by atoms with Crippen LogP contribution >= 0.6 is 0 Å². The zero-order chi connectivity index (χ0) is 25.5. The Labute approximate surface area is 207 Å². The number of nitro groups is 2. The van der Waals surface area contributed by atoms with Crippen LogP contribution in [0.2, 0.25) is 0 Å². The van der Waals surface area contributed by atoms with Gasteiger partial charge < -0.3 is 10.6 Å². The number of amides is 2. The Morgan fingerprint density at radius 2 is 1.14 bits per heavy atom. The van der Waals surface area contributed by atoms with Gasteiger partial charge in [-0.2, -0.15) is 0 Å². The number of para-hydroxylation sites is 4. The molecule has 2 aromatic rings. The van der Waals surface area contributed by atoms with Crippen molar-refractivity contribution in [2.24, 2.45) is 22.7 Å². The van der Waals surface area contributed by atoms with Gasteiger partial charge in [-0.05, 0) is 73.3 Å². The first-order valence-corrected chi connectivity index (χ1v) is 12.2. The fraction of sp³-hybridized carbons (Fsp3) is 0.462. The SMILES string of the molecule is O=C(CC12CC3CC(C1)CC(CC(=O)Nc1ccccc1[N+](=O)[O-])(C3)C2)Nc1ccccc1[N+](=O)[O-]. The highest BCUT2D eigenvalue weighted by Crippen LogP contribution is 2.67. The lowest BCUT2D eigenvalue weighted by Crippen LogP contribution is -2.53. The van der Waals surface area contributed by atoms with Gasteiger partial charge >= 0.3 is 0 Å². The van der Waals surface area contributed by atoms with E-state index in [9.17, 15) is 29.8 Å². The molecule has 0 heterocycles. The quantitative estimate of drug-likeness (QED) is 0.370. The van der Waals surface area contributed by atoms with Gasteiger partial charge in [-0.3, -0.25) is 29.8 Å². The molecule has 0 aromatic heterocycles. The highest BCUT2D eigenvalue weighted by atomic mass is 16.6. The van der Waals surface area contributed by atoms with Gasteiger partial charge in [-0.15, -0.1) is 0 Å². The minimum absolute atomic E-state index is 0.139. The van der Waals surface area contributed by atoms with Crippen LogP contribution in [0.25, 0.3) is 0 Å². The van der Waals surface area contributed by atoms with E-state index in [4.69, 9.17) is 0 Å². The first-order chi connectivity index (χ1) is 17.2. The van der Waals surface area contributed by atoms with Crippen molar-refractivity contribution in [3.63, 3.8) is 0 Å². The van der Waals surface area contributed by atoms with E-state index in [1.54, 1.807) is 24.3 Å². The van der Waals surface area contributed by atoms with Crippen molar-refractivity contribution < 1.29 is 19.4 Å². The van der Waals surface area contributed by atoms with Gasteiger partial charge in [0.05, 0.1) is 9.85 Å². The number of nitrogens with one attached hydrogen (secondary N) is 2. The number of benzene rings is 2. The van der Waals surface area contributed by atoms with Crippen LogP contribution in [0.5, 0.6) is 0 Å². The number of hydrogen-bond donors (Lipinski definition) is 2. The topological polar surface area (TPSA) is 144 Å². The lowest BCUT2D eigenvalue weighted by Gasteiger charge is -2.62. The molecule has 6 rings (SSSR count). The molecular formula is C26H28N4O6. The molecule has 0 atom stereocenters. The molecule has 36 heavy (non-hydrogen) atoms. The molecule has 188 valence electrons. The van der Waals surface area contributed by atoms with Gasteiger partial charge in [0.25, 0.3) is 11.4 Å². The average molecular weight is 493 g/mol. The first kappa shape index (κ1) is 23.9. The maximum Gasteiger partial charge on any atom is 0.292 e. The molecule has 2 aromatic carbocycles. The molecule has 10 nitrogen and oxygen atoms in total. The molecule has 4 aliphatic carbocycles. The highest BCUT2D eigenvalue weighted by Gasteiger charge is 2.58. The maximum absolute atomic E-state index is 13.1. The molecule has 0 radical (unpaired) electrons. The number of carbonyl (C=O) groups excluding carboxylic acids is 2. The Morgan fingerprint density at radius 3 is 1.53 bits per heavy atom. The molecule has 4 saturated carbocycles. The summed E-state index contributed by atoms with van der Waals surface area (Å²) in [6.07, 6.45) is 6.03. The second kappa shape index (κ2) is 9.00. The fourth-order valence-corrected chi connectivity index (χ4v) is 7.61. The van der Waals surface area contributed by atoms with E-state index in [0.717, 1.165) is 38.5 Å². The summed E-state index contributed by atoms with van der Waals surface area (Å²) < 4.78 is 0. The van der Waals surface area contributed by atoms with Crippen molar-refractivity contribution in [2.45, 2.75) is 51.4 Å². The molecule has 4 bridgehead atoms. The molecule has 0 unspecified atom stereocenters. The Hall–Kier alpha value is -3.82. The van der Waals surface area contributed by atoms with E-state index >= 15 is 0 Å². The number of rotatable bonds is 8. The van der Waals surface area contributed by atoms with E-state index in [2.05, 4.69) is 10.6 Å². The number of anilines is 2. The van der Waals surface area contributed by atoms with Crippen molar-refractivity contribution >= 4 is 34.6 Å². The van der Waals surface area contributed by atoms with Crippen molar-refractivity contribution in [3.05, 3.63) is 68.8 Å². The lowest BCUT2D eigenvalue weighted by molar-refractivity contribution is -0.384. The van der Waals surface area contributed by atoms with E-state index in [0.29, 0.717) is 11.8 Å². The first-order valence-electron chi connectivity index (χ1n) is 12.2. The highest BCUT2D eigenvalue weighted by molar-refractivity contribution is 5.94. The zero-order valence-electron chi connectivity index (χ0n) is 19.8. The van der Waals surface area contributed by atoms with Crippen LogP contribution in [0.3, 0.4) is 0 Å². The van der Waals surface area contributed by atoms with Crippen LogP contribution in [0.4, 0.5) is 22.7 Å². The summed E-state index contributed by atoms with van der Waals surface area (Å²) in [5.41, 5.74) is -0.376. The second-order valence-corrected chi connectivity index (χ2v) is 11.0. The van der Waals surface area contributed by atoms with Gasteiger partial charge in [0, 0.05) is 25.0 Å². The zero-order valence-corrected chi connectivity index (χ0v) is 19.8. The molecule has 2 amide bonds. The van der Waals surface area contributed by atoms with E-state index < -0.39 is 9.85 Å². The van der Waals surface area contributed by atoms with Crippen LogP contribution in [-0.4, -0.2) is 21.7 Å². The largest absolute Gasteiger partial charge is 0.320 e. The molecule has 10 heteroatoms. The van der Waals surface area contributed by atoms with Gasteiger partial charge in [0.1, 0.15) is 11.4 Å². The summed E-state index contributed by atoms with van der Waals surface area (Å²) in [7, 11) is 0. The van der Waals surface area contributed by atoms with Crippen LogP contribution < -0.4 is 10.6 Å². The summed E-state index contributed by atoms with van der Waals surface area (Å²) in [4.78, 5) is 47.8.